The van der Waals surface area contributed by atoms with E-state index in [1.807, 2.05) is 48.5 Å². The van der Waals surface area contributed by atoms with Gasteiger partial charge in [-0.15, -0.1) is 0 Å². The zero-order valence-corrected chi connectivity index (χ0v) is 20.2. The number of oxazole rings is 1. The number of hydrogen-bond donors (Lipinski definition) is 2. The second-order valence-corrected chi connectivity index (χ2v) is 9.47. The van der Waals surface area contributed by atoms with E-state index in [0.29, 0.717) is 18.9 Å². The Kier molecular flexibility index (Phi) is 8.71. The number of carbonyl (C=O) groups excluding carboxylic acids is 1. The third-order valence-electron chi connectivity index (χ3n) is 6.88. The third-order valence-corrected chi connectivity index (χ3v) is 6.88. The van der Waals surface area contributed by atoms with Crippen molar-refractivity contribution in [3.63, 3.8) is 0 Å². The average Bonchev–Trinajstić information content (AvgIpc) is 3.36. The van der Waals surface area contributed by atoms with E-state index in [-0.39, 0.29) is 18.0 Å². The second kappa shape index (κ2) is 12.3. The summed E-state index contributed by atoms with van der Waals surface area (Å²) in [6.07, 6.45) is 12.2. The molecule has 0 bridgehead atoms. The van der Waals surface area contributed by atoms with Crippen molar-refractivity contribution in [1.82, 2.24) is 10.3 Å². The molecule has 0 atom stereocenters. The molecule has 2 aromatic carbocycles. The normalized spacial score (nSPS) is 14.1. The molecule has 0 aliphatic heterocycles. The van der Waals surface area contributed by atoms with E-state index >= 15 is 0 Å². The topological polar surface area (TPSA) is 92.4 Å². The lowest BCUT2D eigenvalue weighted by Crippen LogP contribution is -2.24. The minimum absolute atomic E-state index is 0.0255. The number of rotatable bonds is 11. The number of carbonyl (C=O) groups is 2. The molecule has 3 aromatic rings. The molecular weight excluding hydrogens is 440 g/mol. The van der Waals surface area contributed by atoms with Crippen LogP contribution in [-0.2, 0) is 17.6 Å². The van der Waals surface area contributed by atoms with Gasteiger partial charge in [0, 0.05) is 12.1 Å². The van der Waals surface area contributed by atoms with Gasteiger partial charge in [-0.25, -0.2) is 4.98 Å². The maximum absolute atomic E-state index is 12.6. The summed E-state index contributed by atoms with van der Waals surface area (Å²) in [5, 5.41) is 12.2. The molecule has 6 nitrogen and oxygen atoms in total. The van der Waals surface area contributed by atoms with Gasteiger partial charge in [-0.3, -0.25) is 9.59 Å². The second-order valence-electron chi connectivity index (χ2n) is 9.47. The molecular formula is C29H34N2O4. The highest BCUT2D eigenvalue weighted by Crippen LogP contribution is 2.28. The molecule has 1 fully saturated rings. The van der Waals surface area contributed by atoms with Gasteiger partial charge in [-0.1, -0.05) is 87.4 Å². The fraction of sp³-hybridized carbons (Fsp3) is 0.414. The number of benzene rings is 2. The first-order valence-electron chi connectivity index (χ1n) is 12.7. The molecule has 184 valence electrons. The Balaban J connectivity index is 1.35. The molecule has 1 aromatic heterocycles. The van der Waals surface area contributed by atoms with Crippen LogP contribution in [0.1, 0.15) is 78.5 Å². The highest BCUT2D eigenvalue weighted by molar-refractivity contribution is 5.92. The number of carboxylic acids is 1. The van der Waals surface area contributed by atoms with Crippen LogP contribution in [0.15, 0.2) is 59.2 Å². The van der Waals surface area contributed by atoms with E-state index in [1.165, 1.54) is 44.8 Å². The molecule has 1 aliphatic carbocycles. The largest absolute Gasteiger partial charge is 0.481 e. The van der Waals surface area contributed by atoms with E-state index in [1.54, 1.807) is 0 Å². The first-order valence-corrected chi connectivity index (χ1v) is 12.7. The SMILES string of the molecule is O=C(O)Cc1ccccc1Cc1ccccc1-c1nc(C(=O)NCCCCC2CCCCC2)co1. The number of amides is 1. The van der Waals surface area contributed by atoms with Crippen molar-refractivity contribution in [1.29, 1.82) is 0 Å². The summed E-state index contributed by atoms with van der Waals surface area (Å²) >= 11 is 0. The van der Waals surface area contributed by atoms with Gasteiger partial charge in [0.1, 0.15) is 6.26 Å². The van der Waals surface area contributed by atoms with Crippen LogP contribution in [0, 0.1) is 5.92 Å². The smallest absolute Gasteiger partial charge is 0.307 e. The maximum Gasteiger partial charge on any atom is 0.307 e. The molecule has 6 heteroatoms. The summed E-state index contributed by atoms with van der Waals surface area (Å²) in [5.74, 6) is 0.178. The highest BCUT2D eigenvalue weighted by Gasteiger charge is 2.17. The quantitative estimate of drug-likeness (QED) is 0.331. The van der Waals surface area contributed by atoms with Crippen molar-refractivity contribution in [3.8, 4) is 11.5 Å². The first-order chi connectivity index (χ1) is 17.1. The number of nitrogens with one attached hydrogen (secondary N) is 1. The summed E-state index contributed by atoms with van der Waals surface area (Å²) in [5.41, 5.74) is 3.75. The zero-order valence-electron chi connectivity index (χ0n) is 20.2. The summed E-state index contributed by atoms with van der Waals surface area (Å²) in [7, 11) is 0. The van der Waals surface area contributed by atoms with Crippen LogP contribution >= 0.6 is 0 Å². The number of aromatic nitrogens is 1. The molecule has 1 saturated carbocycles. The Hall–Kier alpha value is -3.41. The van der Waals surface area contributed by atoms with Crippen molar-refractivity contribution >= 4 is 11.9 Å². The van der Waals surface area contributed by atoms with E-state index in [0.717, 1.165) is 41.0 Å². The number of unbranched alkanes of at least 4 members (excludes halogenated alkanes) is 1. The van der Waals surface area contributed by atoms with E-state index in [4.69, 9.17) is 4.42 Å². The van der Waals surface area contributed by atoms with E-state index in [9.17, 15) is 14.7 Å². The Morgan fingerprint density at radius 3 is 2.43 bits per heavy atom. The Morgan fingerprint density at radius 2 is 1.66 bits per heavy atom. The summed E-state index contributed by atoms with van der Waals surface area (Å²) < 4.78 is 5.69. The summed E-state index contributed by atoms with van der Waals surface area (Å²) in [6.45, 7) is 0.644. The van der Waals surface area contributed by atoms with Gasteiger partial charge >= 0.3 is 5.97 Å². The highest BCUT2D eigenvalue weighted by atomic mass is 16.4. The molecule has 35 heavy (non-hydrogen) atoms. The number of carboxylic acid groups (broad SMARTS) is 1. The van der Waals surface area contributed by atoms with Gasteiger partial charge in [0.2, 0.25) is 5.89 Å². The third kappa shape index (κ3) is 7.04. The van der Waals surface area contributed by atoms with Crippen LogP contribution in [0.25, 0.3) is 11.5 Å². The Morgan fingerprint density at radius 1 is 0.943 bits per heavy atom. The number of nitrogens with zero attached hydrogens (tertiary/aromatic N) is 1. The van der Waals surface area contributed by atoms with Crippen LogP contribution in [0.4, 0.5) is 0 Å². The number of hydrogen-bond acceptors (Lipinski definition) is 4. The standard InChI is InChI=1S/C29H34N2O4/c32-27(33)19-23-14-5-4-13-22(23)18-24-15-6-7-16-25(24)29-31-26(20-35-29)28(34)30-17-9-8-12-21-10-2-1-3-11-21/h4-7,13-16,20-21H,1-3,8-12,17-19H2,(H,30,34)(H,32,33). The van der Waals surface area contributed by atoms with Crippen LogP contribution in [0.3, 0.4) is 0 Å². The van der Waals surface area contributed by atoms with E-state index in [2.05, 4.69) is 10.3 Å². The molecule has 1 heterocycles. The fourth-order valence-electron chi connectivity index (χ4n) is 4.98. The molecule has 2 N–H and O–H groups in total. The van der Waals surface area contributed by atoms with Crippen molar-refractivity contribution in [2.24, 2.45) is 5.92 Å². The predicted molar refractivity (Wildman–Crippen MR) is 135 cm³/mol. The van der Waals surface area contributed by atoms with Gasteiger partial charge in [0.05, 0.1) is 6.42 Å². The minimum atomic E-state index is -0.858. The van der Waals surface area contributed by atoms with Crippen LogP contribution in [0.2, 0.25) is 0 Å². The molecule has 4 rings (SSSR count). The predicted octanol–water partition coefficient (Wildman–Crippen LogP) is 6.04. The average molecular weight is 475 g/mol. The summed E-state index contributed by atoms with van der Waals surface area (Å²) in [4.78, 5) is 28.3. The Labute approximate surface area is 206 Å². The molecule has 0 radical (unpaired) electrons. The van der Waals surface area contributed by atoms with Crippen molar-refractivity contribution in [2.75, 3.05) is 6.54 Å². The molecule has 1 amide bonds. The molecule has 0 saturated heterocycles. The maximum atomic E-state index is 12.6. The van der Waals surface area contributed by atoms with E-state index < -0.39 is 5.97 Å². The number of aliphatic carboxylic acids is 1. The van der Waals surface area contributed by atoms with Gasteiger partial charge < -0.3 is 14.8 Å². The van der Waals surface area contributed by atoms with Gasteiger partial charge in [0.25, 0.3) is 5.91 Å². The zero-order chi connectivity index (χ0) is 24.5. The molecule has 1 aliphatic rings. The lowest BCUT2D eigenvalue weighted by Gasteiger charge is -2.21. The monoisotopic (exact) mass is 474 g/mol. The van der Waals surface area contributed by atoms with Gasteiger partial charge in [-0.05, 0) is 41.5 Å². The lowest BCUT2D eigenvalue weighted by atomic mass is 9.86. The van der Waals surface area contributed by atoms with Crippen LogP contribution in [-0.4, -0.2) is 28.5 Å². The van der Waals surface area contributed by atoms with Gasteiger partial charge in [0.15, 0.2) is 5.69 Å². The fourth-order valence-corrected chi connectivity index (χ4v) is 4.98. The van der Waals surface area contributed by atoms with Crippen LogP contribution < -0.4 is 5.32 Å². The van der Waals surface area contributed by atoms with Crippen molar-refractivity contribution < 1.29 is 19.1 Å². The minimum Gasteiger partial charge on any atom is -0.481 e. The van der Waals surface area contributed by atoms with Crippen molar-refractivity contribution in [3.05, 3.63) is 77.2 Å². The van der Waals surface area contributed by atoms with Crippen molar-refractivity contribution in [2.45, 2.75) is 64.2 Å². The summed E-state index contributed by atoms with van der Waals surface area (Å²) in [6, 6.07) is 15.3. The molecule has 0 spiro atoms. The first kappa shape index (κ1) is 24.7. The Bertz CT molecular complexity index is 1130. The van der Waals surface area contributed by atoms with Gasteiger partial charge in [-0.2, -0.15) is 0 Å². The lowest BCUT2D eigenvalue weighted by molar-refractivity contribution is -0.136. The van der Waals surface area contributed by atoms with Crippen LogP contribution in [0.5, 0.6) is 0 Å². The molecule has 0 unspecified atom stereocenters.